The fraction of sp³-hybridized carbons (Fsp3) is 0.400. The van der Waals surface area contributed by atoms with Crippen LogP contribution in [0.5, 0.6) is 5.75 Å². The van der Waals surface area contributed by atoms with Crippen molar-refractivity contribution in [2.75, 3.05) is 12.4 Å². The van der Waals surface area contributed by atoms with Gasteiger partial charge in [-0.15, -0.1) is 0 Å². The zero-order valence-corrected chi connectivity index (χ0v) is 18.4. The third-order valence-electron chi connectivity index (χ3n) is 3.93. The monoisotopic (exact) mass is 440 g/mol. The molecule has 0 heterocycles. The van der Waals surface area contributed by atoms with E-state index in [1.807, 2.05) is 0 Å². The molecule has 0 aliphatic rings. The first kappa shape index (κ1) is 23.8. The maximum absolute atomic E-state index is 14.7. The van der Waals surface area contributed by atoms with Crippen LogP contribution in [0.2, 0.25) is 0 Å². The van der Waals surface area contributed by atoms with Crippen LogP contribution in [0.25, 0.3) is 0 Å². The predicted octanol–water partition coefficient (Wildman–Crippen LogP) is 5.90. The first-order valence-corrected chi connectivity index (χ1v) is 11.0. The van der Waals surface area contributed by atoms with E-state index in [9.17, 15) is 19.1 Å². The van der Waals surface area contributed by atoms with Gasteiger partial charge in [0, 0.05) is 5.56 Å². The Hall–Kier alpha value is -2.48. The van der Waals surface area contributed by atoms with Crippen LogP contribution in [0.3, 0.4) is 0 Å². The average molecular weight is 440 g/mol. The molecule has 0 spiro atoms. The highest BCUT2D eigenvalue weighted by molar-refractivity contribution is 7.54. The molecule has 0 radical (unpaired) electrons. The Balaban J connectivity index is 2.64. The van der Waals surface area contributed by atoms with Crippen LogP contribution in [0.4, 0.5) is 15.8 Å². The number of nitrogens with zero attached hydrogens (tertiary/aromatic N) is 1. The van der Waals surface area contributed by atoms with E-state index in [1.54, 1.807) is 33.8 Å². The highest BCUT2D eigenvalue weighted by Gasteiger charge is 2.41. The highest BCUT2D eigenvalue weighted by Crippen LogP contribution is 2.63. The maximum atomic E-state index is 14.7. The van der Waals surface area contributed by atoms with Crippen LogP contribution in [-0.2, 0) is 13.6 Å². The zero-order chi connectivity index (χ0) is 22.5. The van der Waals surface area contributed by atoms with Gasteiger partial charge in [-0.2, -0.15) is 0 Å². The summed E-state index contributed by atoms with van der Waals surface area (Å²) in [4.78, 5) is 11.0. The number of halogens is 1. The van der Waals surface area contributed by atoms with Crippen molar-refractivity contribution in [2.45, 2.75) is 45.7 Å². The van der Waals surface area contributed by atoms with Gasteiger partial charge >= 0.3 is 7.60 Å². The molecule has 1 unspecified atom stereocenters. The van der Waals surface area contributed by atoms with E-state index in [0.717, 1.165) is 0 Å². The van der Waals surface area contributed by atoms with E-state index in [0.29, 0.717) is 0 Å². The van der Waals surface area contributed by atoms with Crippen molar-refractivity contribution < 1.29 is 27.7 Å². The fourth-order valence-electron chi connectivity index (χ4n) is 2.82. The minimum absolute atomic E-state index is 0.00671. The Morgan fingerprint density at radius 2 is 1.67 bits per heavy atom. The molecule has 30 heavy (non-hydrogen) atoms. The summed E-state index contributed by atoms with van der Waals surface area (Å²) in [5.74, 6) is -1.70. The van der Waals surface area contributed by atoms with Gasteiger partial charge < -0.3 is 19.1 Å². The van der Waals surface area contributed by atoms with Gasteiger partial charge in [0.1, 0.15) is 17.3 Å². The average Bonchev–Trinajstić information content (AvgIpc) is 2.65. The molecule has 0 aliphatic carbocycles. The Morgan fingerprint density at radius 1 is 1.07 bits per heavy atom. The van der Waals surface area contributed by atoms with Crippen molar-refractivity contribution in [3.05, 3.63) is 64.0 Å². The zero-order valence-electron chi connectivity index (χ0n) is 17.5. The summed E-state index contributed by atoms with van der Waals surface area (Å²) in [5.41, 5.74) is -0.294. The molecule has 1 N–H and O–H groups in total. The van der Waals surface area contributed by atoms with Gasteiger partial charge in [0.15, 0.2) is 5.78 Å². The summed E-state index contributed by atoms with van der Waals surface area (Å²) in [6, 6.07) is 9.83. The normalized spacial score (nSPS) is 12.8. The molecule has 1 atom stereocenters. The van der Waals surface area contributed by atoms with Crippen molar-refractivity contribution in [2.24, 2.45) is 0 Å². The lowest BCUT2D eigenvalue weighted by Gasteiger charge is -2.31. The number of benzene rings is 2. The van der Waals surface area contributed by atoms with Crippen molar-refractivity contribution in [3.8, 4) is 5.75 Å². The van der Waals surface area contributed by atoms with Gasteiger partial charge in [-0.3, -0.25) is 14.7 Å². The first-order valence-electron chi connectivity index (χ1n) is 9.37. The van der Waals surface area contributed by atoms with Crippen LogP contribution in [0, 0.1) is 15.9 Å². The number of anilines is 1. The molecule has 164 valence electrons. The van der Waals surface area contributed by atoms with Crippen LogP contribution >= 0.6 is 7.60 Å². The lowest BCUT2D eigenvalue weighted by atomic mass is 10.2. The van der Waals surface area contributed by atoms with E-state index in [-0.39, 0.29) is 22.7 Å². The molecule has 0 saturated heterocycles. The number of hydrogen-bond acceptors (Lipinski definition) is 7. The van der Waals surface area contributed by atoms with Crippen molar-refractivity contribution in [1.29, 1.82) is 0 Å². The van der Waals surface area contributed by atoms with Gasteiger partial charge in [0.05, 0.1) is 30.3 Å². The number of nitrogens with one attached hydrogen (secondary N) is 1. The number of nitro groups is 1. The Bertz CT molecular complexity index is 923. The lowest BCUT2D eigenvalue weighted by molar-refractivity contribution is -0.384. The first-order chi connectivity index (χ1) is 14.1. The highest BCUT2D eigenvalue weighted by atomic mass is 31.2. The van der Waals surface area contributed by atoms with Gasteiger partial charge in [0.2, 0.25) is 0 Å². The summed E-state index contributed by atoms with van der Waals surface area (Å²) in [7, 11) is -2.65. The largest absolute Gasteiger partial charge is 0.496 e. The van der Waals surface area contributed by atoms with Crippen LogP contribution in [-0.4, -0.2) is 24.2 Å². The molecule has 10 heteroatoms. The van der Waals surface area contributed by atoms with E-state index in [1.165, 1.54) is 43.5 Å². The number of hydrogen-bond donors (Lipinski definition) is 1. The molecule has 0 amide bonds. The van der Waals surface area contributed by atoms with Crippen LogP contribution in [0.15, 0.2) is 42.5 Å². The Kier molecular flexibility index (Phi) is 7.95. The second kappa shape index (κ2) is 10.0. The maximum Gasteiger partial charge on any atom is 0.357 e. The summed E-state index contributed by atoms with van der Waals surface area (Å²) in [6.45, 7) is 6.68. The minimum Gasteiger partial charge on any atom is -0.496 e. The van der Waals surface area contributed by atoms with Gasteiger partial charge in [-0.25, -0.2) is 4.39 Å². The third kappa shape index (κ3) is 5.78. The lowest BCUT2D eigenvalue weighted by Crippen LogP contribution is -2.20. The smallest absolute Gasteiger partial charge is 0.357 e. The third-order valence-corrected chi connectivity index (χ3v) is 6.40. The number of ether oxygens (including phenoxy) is 1. The molecule has 8 nitrogen and oxygen atoms in total. The number of nitro benzene ring substituents is 1. The van der Waals surface area contributed by atoms with E-state index in [4.69, 9.17) is 13.8 Å². The van der Waals surface area contributed by atoms with Gasteiger partial charge in [0.25, 0.3) is 5.69 Å². The Labute approximate surface area is 175 Å². The summed E-state index contributed by atoms with van der Waals surface area (Å²) < 4.78 is 44.9. The van der Waals surface area contributed by atoms with Crippen LogP contribution < -0.4 is 10.1 Å². The van der Waals surface area contributed by atoms with E-state index in [2.05, 4.69) is 5.32 Å². The SMILES string of the molecule is COc1ccc(NC(c2ccccc2F)P(=O)(OC(C)C)OC(C)C)c([N+](=O)[O-])c1. The van der Waals surface area contributed by atoms with Crippen molar-refractivity contribution >= 4 is 19.0 Å². The van der Waals surface area contributed by atoms with Crippen molar-refractivity contribution in [1.82, 2.24) is 0 Å². The van der Waals surface area contributed by atoms with E-state index >= 15 is 0 Å². The molecule has 2 aromatic carbocycles. The topological polar surface area (TPSA) is 99.9 Å². The standard InChI is InChI=1S/C20H26FN2O6P/c1-13(2)28-30(26,29-14(3)4)20(16-8-6-7-9-17(16)21)22-18-11-10-15(27-5)12-19(18)23(24)25/h6-14,20,22H,1-5H3. The number of rotatable bonds is 10. The quantitative estimate of drug-likeness (QED) is 0.279. The van der Waals surface area contributed by atoms with Gasteiger partial charge in [-0.1, -0.05) is 18.2 Å². The molecule has 0 fully saturated rings. The molecule has 2 aromatic rings. The molecular weight excluding hydrogens is 414 g/mol. The summed E-state index contributed by atoms with van der Waals surface area (Å²) in [6.07, 6.45) is -1.01. The van der Waals surface area contributed by atoms with Gasteiger partial charge in [-0.05, 0) is 45.9 Å². The van der Waals surface area contributed by atoms with Crippen molar-refractivity contribution in [3.63, 3.8) is 0 Å². The summed E-state index contributed by atoms with van der Waals surface area (Å²) in [5, 5.41) is 14.4. The summed E-state index contributed by atoms with van der Waals surface area (Å²) >= 11 is 0. The van der Waals surface area contributed by atoms with Crippen LogP contribution in [0.1, 0.15) is 39.0 Å². The molecule has 2 rings (SSSR count). The molecular formula is C20H26FN2O6P. The molecule has 0 bridgehead atoms. The second-order valence-electron chi connectivity index (χ2n) is 7.06. The molecule has 0 saturated carbocycles. The second-order valence-corrected chi connectivity index (χ2v) is 9.07. The van der Waals surface area contributed by atoms with E-state index < -0.39 is 36.3 Å². The number of methoxy groups -OCH3 is 1. The predicted molar refractivity (Wildman–Crippen MR) is 112 cm³/mol. The Morgan fingerprint density at radius 3 is 2.17 bits per heavy atom. The fourth-order valence-corrected chi connectivity index (χ4v) is 5.13. The molecule has 0 aliphatic heterocycles. The molecule has 0 aromatic heterocycles. The minimum atomic E-state index is -4.03.